The summed E-state index contributed by atoms with van der Waals surface area (Å²) in [5.74, 6) is -6.05. The van der Waals surface area contributed by atoms with E-state index in [1.165, 1.54) is 6.92 Å². The summed E-state index contributed by atoms with van der Waals surface area (Å²) < 4.78 is 191. The van der Waals surface area contributed by atoms with Crippen LogP contribution in [0.4, 0.5) is 0 Å². The Balaban J connectivity index is 1.00. The minimum Gasteiger partial charge on any atom is -0.394 e. The van der Waals surface area contributed by atoms with Gasteiger partial charge < -0.3 is 239 Å². The summed E-state index contributed by atoms with van der Waals surface area (Å²) in [5.41, 5.74) is 0. The van der Waals surface area contributed by atoms with Crippen molar-refractivity contribution in [1.82, 2.24) is 31.9 Å². The summed E-state index contributed by atoms with van der Waals surface area (Å²) in [4.78, 5) is 77.4. The van der Waals surface area contributed by atoms with Gasteiger partial charge in [-0.05, 0) is 6.92 Å². The van der Waals surface area contributed by atoms with Gasteiger partial charge in [0.2, 0.25) is 35.4 Å². The van der Waals surface area contributed by atoms with Crippen LogP contribution in [0.1, 0.15) is 48.5 Å². The van der Waals surface area contributed by atoms with E-state index in [2.05, 4.69) is 40.3 Å². The SMILES string of the molecule is CC(=O)N[C@@H]1[C@@H](O)[C@H](O[C@@H]2O[C@H](CO)[C@@H](O[C@@H]3O[C@H](CO[C@H]4O[C@H](CO)[C@@H](O)[C@H](O)[C@@H]4O[C@@H]4O[C@H](CO)[C@@H](O[C@@H]5O[C@H](CO)[C@H](O)[C@H](OS(=O)(=O)O)[C@H]5NC(C)=O)[C@H](O)[C@H]4NC(C)=O)[C@@H](O)[C@H](O[C@H]4O[C@H](CO)[C@@H](O)[C@H](O)[C@@H]4O[C@@H]4O[C@H](CO)[C@@H](O[C@@H]5O[C@H](CO)[C@H](O)[C@H](OS(=O)(=O)O)[C@H]5NC(C)=O)[C@H](O)[C@H]4NC(C)=O)[C@@H]3O)[C@H](O)[C@H]2NC(C)=O)[C@@H](CO[C@@H]2O[C@@H](C)[C@@H](O)[C@@H](O)[C@@H]2O)O[C@H]1O. The number of aliphatic hydroxyl groups is 23. The van der Waals surface area contributed by atoms with E-state index in [0.717, 1.165) is 41.5 Å². The van der Waals surface area contributed by atoms with E-state index in [1.54, 1.807) is 0 Å². The molecule has 0 aromatic heterocycles. The second-order valence-corrected chi connectivity index (χ2v) is 35.6. The van der Waals surface area contributed by atoms with Crippen LogP contribution in [0.5, 0.6) is 0 Å². The van der Waals surface area contributed by atoms with Crippen LogP contribution in [0.25, 0.3) is 0 Å². The topological polar surface area (TPSA) is 942 Å². The fourth-order valence-electron chi connectivity index (χ4n) is 17.1. The smallest absolute Gasteiger partial charge is 0.394 e. The number of rotatable bonds is 37. The van der Waals surface area contributed by atoms with Gasteiger partial charge in [0.05, 0.1) is 65.6 Å². The van der Waals surface area contributed by atoms with Crippen molar-refractivity contribution in [3.8, 4) is 0 Å². The molecule has 10 rings (SSSR count). The van der Waals surface area contributed by atoms with E-state index in [-0.39, 0.29) is 0 Å². The molecule has 10 heterocycles. The number of nitrogens with one attached hydrogen (secondary N) is 6. The van der Waals surface area contributed by atoms with Crippen molar-refractivity contribution in [2.45, 2.75) is 355 Å². The molecule has 62 nitrogen and oxygen atoms in total. The number of aliphatic hydroxyl groups excluding tert-OH is 23. The van der Waals surface area contributed by atoms with Gasteiger partial charge >= 0.3 is 20.8 Å². The van der Waals surface area contributed by atoms with Crippen LogP contribution in [-0.4, -0.2) is 545 Å². The summed E-state index contributed by atoms with van der Waals surface area (Å²) >= 11 is 0. The van der Waals surface area contributed by atoms with Gasteiger partial charge in [-0.3, -0.25) is 37.9 Å². The maximum Gasteiger partial charge on any atom is 0.397 e. The first-order valence-electron chi connectivity index (χ1n) is 42.3. The predicted molar refractivity (Wildman–Crippen MR) is 419 cm³/mol. The van der Waals surface area contributed by atoms with Gasteiger partial charge in [0.15, 0.2) is 62.9 Å². The normalized spacial score (nSPS) is 45.9. The van der Waals surface area contributed by atoms with Gasteiger partial charge in [-0.2, -0.15) is 16.8 Å². The van der Waals surface area contributed by atoms with Crippen LogP contribution in [0, 0.1) is 0 Å². The molecule has 0 aliphatic carbocycles. The van der Waals surface area contributed by atoms with Crippen molar-refractivity contribution in [1.29, 1.82) is 0 Å². The average molecular weight is 2030 g/mol. The number of hydrogen-bond acceptors (Lipinski definition) is 54. The molecule has 0 aromatic rings. The molecule has 31 N–H and O–H groups in total. The van der Waals surface area contributed by atoms with Crippen LogP contribution in [0.15, 0.2) is 0 Å². The highest BCUT2D eigenvalue weighted by Crippen LogP contribution is 2.42. The van der Waals surface area contributed by atoms with Crippen molar-refractivity contribution in [2.24, 2.45) is 0 Å². The monoisotopic (exact) mass is 2030 g/mol. The predicted octanol–water partition coefficient (Wildman–Crippen LogP) is -21.3. The Morgan fingerprint density at radius 3 is 0.890 bits per heavy atom. The molecule has 6 amide bonds. The summed E-state index contributed by atoms with van der Waals surface area (Å²) in [6.07, 6.45) is -96.4. The molecule has 0 spiro atoms. The summed E-state index contributed by atoms with van der Waals surface area (Å²) in [6, 6.07) is -12.2. The Bertz CT molecular complexity index is 4120. The van der Waals surface area contributed by atoms with Crippen molar-refractivity contribution >= 4 is 56.2 Å². The van der Waals surface area contributed by atoms with Crippen molar-refractivity contribution in [3.63, 3.8) is 0 Å². The van der Waals surface area contributed by atoms with Gasteiger partial charge in [-0.25, -0.2) is 8.37 Å². The van der Waals surface area contributed by atoms with E-state index in [1.807, 2.05) is 0 Å². The van der Waals surface area contributed by atoms with E-state index >= 15 is 0 Å². The summed E-state index contributed by atoms with van der Waals surface area (Å²) in [5, 5.41) is 276. The van der Waals surface area contributed by atoms with Gasteiger partial charge in [-0.15, -0.1) is 0 Å². The van der Waals surface area contributed by atoms with Crippen LogP contribution in [-0.2, 0) is 148 Å². The number of carbonyl (C=O) groups excluding carboxylic acids is 6. The van der Waals surface area contributed by atoms with Crippen molar-refractivity contribution < 1.29 is 271 Å². The molecule has 0 saturated carbocycles. The van der Waals surface area contributed by atoms with Crippen molar-refractivity contribution in [3.05, 3.63) is 0 Å². The molecular weight excluding hydrogens is 1910 g/mol. The molecular formula is C72H120N6O56S2. The third kappa shape index (κ3) is 26.7. The molecule has 64 heteroatoms. The second-order valence-electron chi connectivity index (χ2n) is 33.5. The van der Waals surface area contributed by atoms with E-state index in [0.29, 0.717) is 0 Å². The lowest BCUT2D eigenvalue weighted by Crippen LogP contribution is -2.71. The third-order valence-electron chi connectivity index (χ3n) is 23.6. The highest BCUT2D eigenvalue weighted by atomic mass is 32.3. The Morgan fingerprint density at radius 1 is 0.243 bits per heavy atom. The van der Waals surface area contributed by atoms with Crippen LogP contribution in [0.2, 0.25) is 0 Å². The number of ether oxygens (including phenoxy) is 19. The lowest BCUT2D eigenvalue weighted by molar-refractivity contribution is -0.398. The molecule has 50 atom stereocenters. The molecule has 0 aromatic carbocycles. The molecule has 10 fully saturated rings. The standard InChI is InChI=1S/C72H120N6O56S2/c1-17-39(92)49(102)52(105)69(116-17)114-16-32-57(45(98)33(63(107)117-32)73-18(2)86)128-64-34(74-19(3)87)48(101)56(30(14-85)122-64)129-70-53(106)60(130-72-62(51(104)41(94)25(9-80)121-72)132-66-36(76-21(5)89)47(100)55(29(13-84)124-66)127-68-38(78-23(7)91)59(134-136(111,112)113)43(96)27(11-82)119-68)44(97)31(125-70)15-115-71-61(50(103)40(93)24(8-79)120-71)131-65-35(75-20(4)88)46(99)54(28(12-83)123-65)126-67-37(77-22(6)90)58(133-135(108,109)110)42(95)26(10-81)118-67/h17,24-72,79-85,92-107H,8-16H2,1-7H3,(H,73,86)(H,74,87)(H,75,88)(H,76,89)(H,77,90)(H,78,91)(H,108,109,110)(H,111,112,113)/t17-,24+,25+,26+,27+,28+,29+,30+,31+,32+,33+,34+,35+,36+,37+,38+,39+,40+,41+,42-,43-,44+,45+,46+,47+,48+,49+,50-,51-,52-,53-,54+,55+,56+,57+,58+,59+,60-,61-,62-,63+,64-,65-,66-,67-,68-,69+,70-,71-,72+/m0/s1. The first kappa shape index (κ1) is 113. The first-order chi connectivity index (χ1) is 63.8. The van der Waals surface area contributed by atoms with E-state index in [4.69, 9.17) is 90.0 Å². The van der Waals surface area contributed by atoms with Gasteiger partial charge in [-0.1, -0.05) is 0 Å². The summed E-state index contributed by atoms with van der Waals surface area (Å²) in [7, 11) is -11.1. The van der Waals surface area contributed by atoms with Gasteiger partial charge in [0.25, 0.3) is 0 Å². The largest absolute Gasteiger partial charge is 0.397 e. The van der Waals surface area contributed by atoms with Crippen LogP contribution in [0.3, 0.4) is 0 Å². The average Bonchev–Trinajstić information content (AvgIpc) is 0.757. The van der Waals surface area contributed by atoms with Gasteiger partial charge in [0.1, 0.15) is 238 Å². The van der Waals surface area contributed by atoms with E-state index in [9.17, 15) is 172 Å². The molecule has 0 bridgehead atoms. The molecule has 0 unspecified atom stereocenters. The lowest BCUT2D eigenvalue weighted by Gasteiger charge is -2.51. The Kier molecular flexibility index (Phi) is 40.2. The maximum atomic E-state index is 13.3. The molecule has 10 aliphatic heterocycles. The van der Waals surface area contributed by atoms with Crippen molar-refractivity contribution in [2.75, 3.05) is 59.5 Å². The zero-order valence-electron chi connectivity index (χ0n) is 72.9. The Hall–Kier alpha value is -5.12. The molecule has 10 saturated heterocycles. The highest BCUT2D eigenvalue weighted by molar-refractivity contribution is 7.81. The number of amides is 6. The minimum absolute atomic E-state index is 0.857. The zero-order valence-corrected chi connectivity index (χ0v) is 74.5. The quantitative estimate of drug-likeness (QED) is 0.0257. The van der Waals surface area contributed by atoms with E-state index < -0.39 is 422 Å². The zero-order chi connectivity index (χ0) is 101. The lowest BCUT2D eigenvalue weighted by atomic mass is 9.93. The fraction of sp³-hybridized carbons (Fsp3) is 0.917. The molecule has 136 heavy (non-hydrogen) atoms. The molecule has 786 valence electrons. The second kappa shape index (κ2) is 48.5. The maximum absolute atomic E-state index is 13.3. The summed E-state index contributed by atoms with van der Waals surface area (Å²) in [6.45, 7) is -4.31. The Morgan fingerprint density at radius 2 is 0.515 bits per heavy atom. The number of hydrogen-bond donors (Lipinski definition) is 31. The van der Waals surface area contributed by atoms with Crippen LogP contribution >= 0.6 is 0 Å². The first-order valence-corrected chi connectivity index (χ1v) is 45.0. The molecule has 0 radical (unpaired) electrons. The minimum atomic E-state index is -5.57. The van der Waals surface area contributed by atoms with Gasteiger partial charge in [0, 0.05) is 41.5 Å². The fourth-order valence-corrected chi connectivity index (χ4v) is 18.1. The number of carbonyl (C=O) groups is 6. The Labute approximate surface area is 770 Å². The third-order valence-corrected chi connectivity index (χ3v) is 24.6. The highest BCUT2D eigenvalue weighted by Gasteiger charge is 2.63. The van der Waals surface area contributed by atoms with Crippen LogP contribution < -0.4 is 31.9 Å². The molecule has 10 aliphatic rings.